The van der Waals surface area contributed by atoms with Crippen LogP contribution in [0.25, 0.3) is 0 Å². The van der Waals surface area contributed by atoms with Crippen molar-refractivity contribution >= 4 is 17.9 Å². The van der Waals surface area contributed by atoms with Gasteiger partial charge in [-0.1, -0.05) is 239 Å². The summed E-state index contributed by atoms with van der Waals surface area (Å²) in [6.07, 6.45) is 80.3. The summed E-state index contributed by atoms with van der Waals surface area (Å²) in [7, 11) is 0. The highest BCUT2D eigenvalue weighted by Gasteiger charge is 2.19. The molecule has 402 valence electrons. The zero-order chi connectivity index (χ0) is 51.4. The molecule has 0 rings (SSSR count). The molecule has 1 unspecified atom stereocenters. The number of hydrogen-bond acceptors (Lipinski definition) is 6. The maximum absolute atomic E-state index is 12.9. The van der Waals surface area contributed by atoms with Crippen LogP contribution in [-0.2, 0) is 28.6 Å². The quantitative estimate of drug-likeness (QED) is 0.0199. The molecule has 0 amide bonds. The lowest BCUT2D eigenvalue weighted by molar-refractivity contribution is -0.167. The van der Waals surface area contributed by atoms with Crippen LogP contribution >= 0.6 is 0 Å². The third kappa shape index (κ3) is 56.6. The number of carbonyl (C=O) groups is 3. The topological polar surface area (TPSA) is 78.9 Å². The smallest absolute Gasteiger partial charge is 0.306 e. The van der Waals surface area contributed by atoms with E-state index >= 15 is 0 Å². The Morgan fingerprint density at radius 1 is 0.310 bits per heavy atom. The molecular formula is C65H106O6. The van der Waals surface area contributed by atoms with E-state index in [0.29, 0.717) is 12.8 Å². The van der Waals surface area contributed by atoms with Crippen molar-refractivity contribution < 1.29 is 28.6 Å². The van der Waals surface area contributed by atoms with Crippen molar-refractivity contribution in [2.75, 3.05) is 13.2 Å². The molecule has 0 aromatic carbocycles. The summed E-state index contributed by atoms with van der Waals surface area (Å²) < 4.78 is 16.8. The summed E-state index contributed by atoms with van der Waals surface area (Å²) in [5.41, 5.74) is 0. The second-order valence-corrected chi connectivity index (χ2v) is 18.9. The van der Waals surface area contributed by atoms with Crippen molar-refractivity contribution in [2.45, 2.75) is 258 Å². The summed E-state index contributed by atoms with van der Waals surface area (Å²) in [6, 6.07) is 0. The second-order valence-electron chi connectivity index (χ2n) is 18.9. The van der Waals surface area contributed by atoms with Crippen LogP contribution in [0.15, 0.2) is 122 Å². The molecule has 0 spiro atoms. The molecule has 6 heteroatoms. The summed E-state index contributed by atoms with van der Waals surface area (Å²) in [4.78, 5) is 38.2. The molecule has 0 radical (unpaired) electrons. The number of hydrogen-bond donors (Lipinski definition) is 0. The Kier molecular flexibility index (Phi) is 54.9. The summed E-state index contributed by atoms with van der Waals surface area (Å²) >= 11 is 0. The molecule has 6 nitrogen and oxygen atoms in total. The zero-order valence-corrected chi connectivity index (χ0v) is 45.9. The molecular weight excluding hydrogens is 877 g/mol. The van der Waals surface area contributed by atoms with Crippen LogP contribution in [-0.4, -0.2) is 37.2 Å². The average molecular weight is 984 g/mol. The maximum Gasteiger partial charge on any atom is 0.306 e. The molecule has 0 fully saturated rings. The van der Waals surface area contributed by atoms with E-state index in [4.69, 9.17) is 14.2 Å². The molecule has 1 atom stereocenters. The first-order chi connectivity index (χ1) is 35.0. The minimum atomic E-state index is -0.812. The third-order valence-corrected chi connectivity index (χ3v) is 12.0. The lowest BCUT2D eigenvalue weighted by atomic mass is 10.1. The van der Waals surface area contributed by atoms with E-state index in [1.807, 2.05) is 0 Å². The fourth-order valence-electron chi connectivity index (χ4n) is 7.65. The molecule has 0 aromatic heterocycles. The molecule has 0 heterocycles. The monoisotopic (exact) mass is 983 g/mol. The van der Waals surface area contributed by atoms with Crippen molar-refractivity contribution in [1.29, 1.82) is 0 Å². The summed E-state index contributed by atoms with van der Waals surface area (Å²) in [5.74, 6) is -0.970. The standard InChI is InChI=1S/C65H106O6/c1-4-7-10-13-16-19-22-25-28-31-33-35-37-40-43-46-49-52-55-58-64(67)70-61-62(60-69-63(66)57-54-51-48-45-42-39-36-30-27-24-21-18-15-12-9-6-3)71-65(68)59-56-53-50-47-44-41-38-34-32-29-26-23-20-17-14-11-8-5-2/h7,10,16-17,19-20,23,25-26,28-30,32-36,38,40,43,62H,4-6,8-9,11-15,18,21-22,24,27,31,37,39,41-42,44-61H2,1-3H3/b10-7-,19-16-,20-17-,26-23-,28-25-,32-29-,35-33-,36-30-,38-34-,43-40-. The Hall–Kier alpha value is -4.19. The van der Waals surface area contributed by atoms with E-state index in [1.54, 1.807) is 0 Å². The van der Waals surface area contributed by atoms with Crippen LogP contribution in [0.4, 0.5) is 0 Å². The van der Waals surface area contributed by atoms with E-state index < -0.39 is 6.10 Å². The predicted molar refractivity (Wildman–Crippen MR) is 306 cm³/mol. The van der Waals surface area contributed by atoms with Gasteiger partial charge in [-0.15, -0.1) is 0 Å². The lowest BCUT2D eigenvalue weighted by Crippen LogP contribution is -2.30. The lowest BCUT2D eigenvalue weighted by Gasteiger charge is -2.18. The van der Waals surface area contributed by atoms with E-state index in [9.17, 15) is 14.4 Å². The minimum absolute atomic E-state index is 0.106. The molecule has 0 saturated carbocycles. The van der Waals surface area contributed by atoms with Crippen LogP contribution in [0.1, 0.15) is 252 Å². The van der Waals surface area contributed by atoms with Gasteiger partial charge in [0.25, 0.3) is 0 Å². The van der Waals surface area contributed by atoms with Gasteiger partial charge in [-0.3, -0.25) is 14.4 Å². The maximum atomic E-state index is 12.9. The van der Waals surface area contributed by atoms with Gasteiger partial charge in [0.1, 0.15) is 13.2 Å². The number of unbranched alkanes of at least 4 members (excludes halogenated alkanes) is 23. The van der Waals surface area contributed by atoms with Gasteiger partial charge < -0.3 is 14.2 Å². The molecule has 0 saturated heterocycles. The highest BCUT2D eigenvalue weighted by Crippen LogP contribution is 2.14. The Morgan fingerprint density at radius 3 is 1.04 bits per heavy atom. The molecule has 0 aliphatic rings. The van der Waals surface area contributed by atoms with Gasteiger partial charge in [-0.05, 0) is 116 Å². The number of carbonyl (C=O) groups excluding carboxylic acids is 3. The van der Waals surface area contributed by atoms with E-state index in [-0.39, 0.29) is 37.5 Å². The van der Waals surface area contributed by atoms with Gasteiger partial charge in [-0.2, -0.15) is 0 Å². The average Bonchev–Trinajstić information content (AvgIpc) is 3.37. The zero-order valence-electron chi connectivity index (χ0n) is 45.9. The van der Waals surface area contributed by atoms with Crippen molar-refractivity contribution in [3.63, 3.8) is 0 Å². The number of esters is 3. The van der Waals surface area contributed by atoms with Crippen molar-refractivity contribution in [3.8, 4) is 0 Å². The van der Waals surface area contributed by atoms with E-state index in [0.717, 1.165) is 135 Å². The highest BCUT2D eigenvalue weighted by molar-refractivity contribution is 5.71. The largest absolute Gasteiger partial charge is 0.462 e. The second kappa shape index (κ2) is 58.4. The number of rotatable bonds is 51. The van der Waals surface area contributed by atoms with Crippen LogP contribution in [0.5, 0.6) is 0 Å². The van der Waals surface area contributed by atoms with Gasteiger partial charge in [0.05, 0.1) is 0 Å². The summed E-state index contributed by atoms with van der Waals surface area (Å²) in [5, 5.41) is 0. The third-order valence-electron chi connectivity index (χ3n) is 12.0. The van der Waals surface area contributed by atoms with Crippen molar-refractivity contribution in [1.82, 2.24) is 0 Å². The van der Waals surface area contributed by atoms with E-state index in [2.05, 4.69) is 142 Å². The van der Waals surface area contributed by atoms with Crippen LogP contribution in [0.2, 0.25) is 0 Å². The summed E-state index contributed by atoms with van der Waals surface area (Å²) in [6.45, 7) is 6.43. The van der Waals surface area contributed by atoms with Crippen molar-refractivity contribution in [3.05, 3.63) is 122 Å². The fourth-order valence-corrected chi connectivity index (χ4v) is 7.65. The molecule has 71 heavy (non-hydrogen) atoms. The molecule has 0 N–H and O–H groups in total. The van der Waals surface area contributed by atoms with Gasteiger partial charge in [0.2, 0.25) is 0 Å². The Labute approximate surface area is 437 Å². The first-order valence-corrected chi connectivity index (χ1v) is 29.1. The van der Waals surface area contributed by atoms with Gasteiger partial charge >= 0.3 is 17.9 Å². The Balaban J connectivity index is 4.54. The molecule has 0 aliphatic carbocycles. The Bertz CT molecular complexity index is 1500. The Morgan fingerprint density at radius 2 is 0.606 bits per heavy atom. The fraction of sp³-hybridized carbons (Fsp3) is 0.646. The molecule has 0 aliphatic heterocycles. The van der Waals surface area contributed by atoms with E-state index in [1.165, 1.54) is 77.0 Å². The van der Waals surface area contributed by atoms with Gasteiger partial charge in [0.15, 0.2) is 6.10 Å². The molecule has 0 bridgehead atoms. The number of ether oxygens (including phenoxy) is 3. The van der Waals surface area contributed by atoms with Crippen LogP contribution in [0.3, 0.4) is 0 Å². The first kappa shape index (κ1) is 66.8. The highest BCUT2D eigenvalue weighted by atomic mass is 16.6. The molecule has 0 aromatic rings. The van der Waals surface area contributed by atoms with Gasteiger partial charge in [-0.25, -0.2) is 0 Å². The minimum Gasteiger partial charge on any atom is -0.462 e. The van der Waals surface area contributed by atoms with Crippen LogP contribution < -0.4 is 0 Å². The number of allylic oxidation sites excluding steroid dienone is 20. The van der Waals surface area contributed by atoms with Crippen LogP contribution in [0, 0.1) is 0 Å². The van der Waals surface area contributed by atoms with Crippen molar-refractivity contribution in [2.24, 2.45) is 0 Å². The van der Waals surface area contributed by atoms with Gasteiger partial charge in [0, 0.05) is 19.3 Å². The predicted octanol–water partition coefficient (Wildman–Crippen LogP) is 19.6. The first-order valence-electron chi connectivity index (χ1n) is 29.1. The SMILES string of the molecule is CC/C=C\C/C=C\C/C=C\C/C=C\C/C=C\CCCCCC(=O)OCC(COC(=O)CCCCCCC/C=C\CCCCCCCCC)OC(=O)CCCCCCC\C=C/C=C\C=C/C=C\CCCCC. The normalized spacial score (nSPS) is 13.0.